The number of fused-ring (bicyclic) bond motifs is 5. The lowest BCUT2D eigenvalue weighted by Gasteiger charge is -2.67. The number of benzene rings is 1. The number of aliphatic hydroxyl groups is 1. The van der Waals surface area contributed by atoms with E-state index in [4.69, 9.17) is 42.6 Å². The first kappa shape index (κ1) is 45.6. The van der Waals surface area contributed by atoms with Crippen molar-refractivity contribution in [1.82, 2.24) is 4.98 Å². The fourth-order valence-electron chi connectivity index (χ4n) is 9.82. The fraction of sp³-hybridized carbons (Fsp3) is 0.558. The van der Waals surface area contributed by atoms with Crippen molar-refractivity contribution in [2.75, 3.05) is 13.2 Å². The summed E-state index contributed by atoms with van der Waals surface area (Å²) in [5.74, 6) is -11.8. The number of carbonyl (C=O) groups is 8. The van der Waals surface area contributed by atoms with Gasteiger partial charge in [0.15, 0.2) is 30.0 Å². The van der Waals surface area contributed by atoms with Crippen LogP contribution in [0.2, 0.25) is 0 Å². The van der Waals surface area contributed by atoms with Gasteiger partial charge in [0.1, 0.15) is 42.0 Å². The van der Waals surface area contributed by atoms with Crippen LogP contribution in [0.25, 0.3) is 0 Å². The summed E-state index contributed by atoms with van der Waals surface area (Å²) >= 11 is 0. The normalized spacial score (nSPS) is 36.0. The van der Waals surface area contributed by atoms with Crippen LogP contribution >= 0.6 is 0 Å². The second-order valence-electron chi connectivity index (χ2n) is 16.5. The van der Waals surface area contributed by atoms with Crippen LogP contribution in [0.4, 0.5) is 0 Å². The first-order valence-electron chi connectivity index (χ1n) is 19.9. The van der Waals surface area contributed by atoms with Crippen LogP contribution in [0.15, 0.2) is 48.7 Å². The van der Waals surface area contributed by atoms with Crippen LogP contribution in [0.5, 0.6) is 0 Å². The van der Waals surface area contributed by atoms with E-state index < -0.39 is 138 Å². The van der Waals surface area contributed by atoms with Crippen LogP contribution in [-0.4, -0.2) is 124 Å². The lowest BCUT2D eigenvalue weighted by Crippen LogP contribution is -2.89. The SMILES string of the molecule is CC(=O)OC[C@]12[C@H](OC(C)=O)[C@H](OC(=O)c3ccccc3)[C@H]3OC(=O)[C@H](C)[C@@H](C)c4ncccc4C(=O)OC[C@@]4(C)O[C@]1([C@@H](OC(C)=O)[C@@H]4[C@H](OC(C)=O)[C@@H]2OC(C)=O)[C@]3(C)O. The molecule has 1 aromatic heterocycles. The molecule has 62 heavy (non-hydrogen) atoms. The number of hydrogen-bond donors (Lipinski definition) is 1. The number of nitrogens with zero attached hydrogens (tertiary/aromatic N) is 1. The average Bonchev–Trinajstić information content (AvgIpc) is 3.42. The van der Waals surface area contributed by atoms with Gasteiger partial charge in [0, 0.05) is 46.7 Å². The molecule has 2 aromatic rings. The van der Waals surface area contributed by atoms with Crippen molar-refractivity contribution in [3.05, 3.63) is 65.5 Å². The summed E-state index contributed by atoms with van der Waals surface area (Å²) < 4.78 is 55.4. The predicted molar refractivity (Wildman–Crippen MR) is 205 cm³/mol. The van der Waals surface area contributed by atoms with Crippen molar-refractivity contribution < 1.29 is 86.1 Å². The van der Waals surface area contributed by atoms with Gasteiger partial charge in [0.25, 0.3) is 0 Å². The van der Waals surface area contributed by atoms with Crippen molar-refractivity contribution in [1.29, 1.82) is 0 Å². The second kappa shape index (κ2) is 16.7. The summed E-state index contributed by atoms with van der Waals surface area (Å²) in [4.78, 5) is 114. The summed E-state index contributed by atoms with van der Waals surface area (Å²) in [5.41, 5.74) is -10.3. The highest BCUT2D eigenvalue weighted by Crippen LogP contribution is 2.70. The Morgan fingerprint density at radius 2 is 1.32 bits per heavy atom. The number of rotatable bonds is 8. The van der Waals surface area contributed by atoms with Gasteiger partial charge in [0.2, 0.25) is 0 Å². The van der Waals surface area contributed by atoms with E-state index in [0.717, 1.165) is 41.5 Å². The molecule has 3 fully saturated rings. The molecule has 2 aliphatic heterocycles. The predicted octanol–water partition coefficient (Wildman–Crippen LogP) is 2.33. The van der Waals surface area contributed by atoms with Gasteiger partial charge in [-0.25, -0.2) is 9.59 Å². The van der Waals surface area contributed by atoms with Crippen molar-refractivity contribution in [3.63, 3.8) is 0 Å². The molecular weight excluding hydrogens is 818 g/mol. The zero-order valence-corrected chi connectivity index (χ0v) is 35.6. The molecule has 13 atom stereocenters. The maximum atomic E-state index is 14.6. The number of ether oxygens (including phenoxy) is 9. The van der Waals surface area contributed by atoms with E-state index in [-0.39, 0.29) is 16.8 Å². The molecule has 334 valence electrons. The van der Waals surface area contributed by atoms with Crippen molar-refractivity contribution in [2.45, 2.75) is 122 Å². The molecule has 0 unspecified atom stereocenters. The molecular formula is C43H49NO18. The molecule has 1 N–H and O–H groups in total. The minimum Gasteiger partial charge on any atom is -0.465 e. The highest BCUT2D eigenvalue weighted by Gasteiger charge is 2.92. The number of esters is 8. The maximum absolute atomic E-state index is 14.6. The van der Waals surface area contributed by atoms with E-state index in [1.54, 1.807) is 13.0 Å². The molecule has 2 aliphatic carbocycles. The van der Waals surface area contributed by atoms with Crippen LogP contribution < -0.4 is 0 Å². The van der Waals surface area contributed by atoms with Crippen LogP contribution in [0.3, 0.4) is 0 Å². The summed E-state index contributed by atoms with van der Waals surface area (Å²) in [6.07, 6.45) is -10.8. The zero-order chi connectivity index (χ0) is 45.7. The van der Waals surface area contributed by atoms with E-state index >= 15 is 0 Å². The topological polar surface area (TPSA) is 253 Å². The van der Waals surface area contributed by atoms with Gasteiger partial charge in [-0.2, -0.15) is 0 Å². The van der Waals surface area contributed by atoms with Crippen LogP contribution in [0, 0.1) is 17.3 Å². The molecule has 19 nitrogen and oxygen atoms in total. The van der Waals surface area contributed by atoms with Crippen molar-refractivity contribution >= 4 is 47.8 Å². The van der Waals surface area contributed by atoms with Crippen molar-refractivity contribution in [3.8, 4) is 0 Å². The van der Waals surface area contributed by atoms with Gasteiger partial charge in [-0.05, 0) is 38.1 Å². The zero-order valence-electron chi connectivity index (χ0n) is 35.6. The molecule has 1 spiro atoms. The fourth-order valence-corrected chi connectivity index (χ4v) is 9.82. The average molecular weight is 868 g/mol. The van der Waals surface area contributed by atoms with Gasteiger partial charge in [-0.3, -0.25) is 33.8 Å². The molecule has 0 radical (unpaired) electrons. The molecule has 2 saturated carbocycles. The molecule has 4 bridgehead atoms. The monoisotopic (exact) mass is 867 g/mol. The molecule has 1 aromatic carbocycles. The van der Waals surface area contributed by atoms with Crippen molar-refractivity contribution in [2.24, 2.45) is 17.3 Å². The Hall–Kier alpha value is -5.95. The first-order valence-corrected chi connectivity index (χ1v) is 19.9. The highest BCUT2D eigenvalue weighted by atomic mass is 16.7. The number of cyclic esters (lactones) is 1. The Morgan fingerprint density at radius 3 is 1.90 bits per heavy atom. The molecule has 1 saturated heterocycles. The quantitative estimate of drug-likeness (QED) is 0.295. The Morgan fingerprint density at radius 1 is 0.742 bits per heavy atom. The molecule has 4 aliphatic rings. The van der Waals surface area contributed by atoms with E-state index in [0.29, 0.717) is 0 Å². The Kier molecular flexibility index (Phi) is 12.3. The Labute approximate surface area is 355 Å². The smallest absolute Gasteiger partial charge is 0.340 e. The summed E-state index contributed by atoms with van der Waals surface area (Å²) in [6, 6.07) is 10.3. The van der Waals surface area contributed by atoms with Gasteiger partial charge < -0.3 is 47.7 Å². The van der Waals surface area contributed by atoms with E-state index in [1.165, 1.54) is 56.4 Å². The van der Waals surface area contributed by atoms with Gasteiger partial charge in [-0.15, -0.1) is 0 Å². The first-order chi connectivity index (χ1) is 29.0. The van der Waals surface area contributed by atoms with Gasteiger partial charge in [0.05, 0.1) is 28.7 Å². The molecule has 19 heteroatoms. The third kappa shape index (κ3) is 7.43. The standard InChI is InChI=1S/C43H49NO18/c1-20-21(2)37(50)61-34-32(60-38(51)27-14-11-10-12-15-27)36(59-26(7)49)42(19-54-22(3)45)35(58-25(6)48)31(56-23(4)46)29-33(57-24(5)47)43(42,41(34,9)53)62-40(29,8)18-55-39(52)28-16-13-17-44-30(20)28/h10-17,20-21,29,31-36,53H,18-19H2,1-9H3/t20-,21-,29+,31+,32-,33+,34-,35+,36-,40-,41-,42+,43-/m1/s1. The Bertz CT molecular complexity index is 2160. The lowest BCUT2D eigenvalue weighted by atomic mass is 9.45. The van der Waals surface area contributed by atoms with Gasteiger partial charge >= 0.3 is 47.8 Å². The minimum atomic E-state index is -2.87. The largest absolute Gasteiger partial charge is 0.465 e. The molecule has 6 rings (SSSR count). The highest BCUT2D eigenvalue weighted by molar-refractivity contribution is 5.91. The maximum Gasteiger partial charge on any atom is 0.340 e. The number of pyridine rings is 1. The number of hydrogen-bond acceptors (Lipinski definition) is 19. The van der Waals surface area contributed by atoms with E-state index in [2.05, 4.69) is 4.98 Å². The third-order valence-corrected chi connectivity index (χ3v) is 12.4. The van der Waals surface area contributed by atoms with Crippen LogP contribution in [-0.2, 0) is 71.4 Å². The minimum absolute atomic E-state index is 0.0497. The number of carbonyl (C=O) groups excluding carboxylic acids is 8. The number of aromatic nitrogens is 1. The summed E-state index contributed by atoms with van der Waals surface area (Å²) in [7, 11) is 0. The van der Waals surface area contributed by atoms with Crippen LogP contribution in [0.1, 0.15) is 94.6 Å². The third-order valence-electron chi connectivity index (χ3n) is 12.4. The Balaban J connectivity index is 1.80. The summed E-state index contributed by atoms with van der Waals surface area (Å²) in [5, 5.41) is 13.7. The summed E-state index contributed by atoms with van der Waals surface area (Å²) in [6.45, 7) is 8.69. The van der Waals surface area contributed by atoms with Gasteiger partial charge in [-0.1, -0.05) is 32.0 Å². The van der Waals surface area contributed by atoms with E-state index in [9.17, 15) is 43.5 Å². The molecule has 0 amide bonds. The van der Waals surface area contributed by atoms with E-state index in [1.807, 2.05) is 0 Å². The molecule has 3 heterocycles. The second-order valence-corrected chi connectivity index (χ2v) is 16.5. The lowest BCUT2D eigenvalue weighted by molar-refractivity contribution is -0.386.